The van der Waals surface area contributed by atoms with Gasteiger partial charge in [-0.3, -0.25) is 0 Å². The van der Waals surface area contributed by atoms with Crippen LogP contribution in [-0.4, -0.2) is 57.2 Å². The van der Waals surface area contributed by atoms with Crippen LogP contribution in [0, 0.1) is 0 Å². The van der Waals surface area contributed by atoms with Crippen molar-refractivity contribution in [3.05, 3.63) is 29.8 Å². The molecular weight excluding hydrogens is 238 g/mol. The van der Waals surface area contributed by atoms with E-state index in [0.29, 0.717) is 6.54 Å². The summed E-state index contributed by atoms with van der Waals surface area (Å²) in [6, 6.07) is 7.98. The summed E-state index contributed by atoms with van der Waals surface area (Å²) in [5, 5.41) is 0. The van der Waals surface area contributed by atoms with Gasteiger partial charge < -0.3 is 20.3 Å². The minimum Gasteiger partial charge on any atom is -0.492 e. The Bertz CT molecular complexity index is 338. The predicted molar refractivity (Wildman–Crippen MR) is 80.5 cm³/mol. The highest BCUT2D eigenvalue weighted by atomic mass is 16.5. The number of nitrogens with two attached hydrogens (primary N) is 1. The molecule has 0 bridgehead atoms. The zero-order valence-corrected chi connectivity index (χ0v) is 12.4. The summed E-state index contributed by atoms with van der Waals surface area (Å²) in [7, 11) is 6.35. The number of rotatable bonds is 9. The van der Waals surface area contributed by atoms with Crippen molar-refractivity contribution in [3.63, 3.8) is 0 Å². The molecule has 108 valence electrons. The van der Waals surface area contributed by atoms with Gasteiger partial charge in [0.25, 0.3) is 0 Å². The molecule has 19 heavy (non-hydrogen) atoms. The Morgan fingerprint density at radius 1 is 1.00 bits per heavy atom. The van der Waals surface area contributed by atoms with Gasteiger partial charge in [0.05, 0.1) is 0 Å². The fraction of sp³-hybridized carbons (Fsp3) is 0.600. The van der Waals surface area contributed by atoms with Crippen LogP contribution in [0.1, 0.15) is 12.0 Å². The number of likely N-dealkylation sites (N-methyl/N-ethyl adjacent to an activating group) is 1. The number of hydrogen-bond donors (Lipinski definition) is 1. The van der Waals surface area contributed by atoms with E-state index in [0.717, 1.165) is 37.6 Å². The molecule has 0 atom stereocenters. The van der Waals surface area contributed by atoms with E-state index in [2.05, 4.69) is 30.9 Å². The van der Waals surface area contributed by atoms with Gasteiger partial charge in [-0.2, -0.15) is 0 Å². The standard InChI is InChI=1S/C15H27N3O/c1-17(2)9-4-10-18(3)11-12-19-15-7-5-14(13-16)6-8-15/h5-8H,4,9-13,16H2,1-3H3. The first-order valence-electron chi connectivity index (χ1n) is 6.87. The molecule has 1 aromatic rings. The van der Waals surface area contributed by atoms with E-state index in [-0.39, 0.29) is 0 Å². The van der Waals surface area contributed by atoms with Crippen LogP contribution >= 0.6 is 0 Å². The zero-order valence-electron chi connectivity index (χ0n) is 12.4. The van der Waals surface area contributed by atoms with Crippen LogP contribution in [0.3, 0.4) is 0 Å². The average molecular weight is 265 g/mol. The maximum atomic E-state index is 5.71. The molecule has 0 amide bonds. The van der Waals surface area contributed by atoms with Crippen LogP contribution in [0.2, 0.25) is 0 Å². The lowest BCUT2D eigenvalue weighted by atomic mass is 10.2. The van der Waals surface area contributed by atoms with E-state index in [1.54, 1.807) is 0 Å². The molecule has 0 fully saturated rings. The highest BCUT2D eigenvalue weighted by Crippen LogP contribution is 2.11. The van der Waals surface area contributed by atoms with Gasteiger partial charge in [-0.25, -0.2) is 0 Å². The van der Waals surface area contributed by atoms with Crippen LogP contribution in [-0.2, 0) is 6.54 Å². The summed E-state index contributed by atoms with van der Waals surface area (Å²) in [5.41, 5.74) is 6.69. The molecule has 0 saturated heterocycles. The third-order valence-electron chi connectivity index (χ3n) is 3.05. The first kappa shape index (κ1) is 16.0. The maximum Gasteiger partial charge on any atom is 0.119 e. The molecule has 0 radical (unpaired) electrons. The minimum absolute atomic E-state index is 0.578. The number of benzene rings is 1. The Balaban J connectivity index is 2.14. The number of ether oxygens (including phenoxy) is 1. The molecule has 0 spiro atoms. The van der Waals surface area contributed by atoms with Crippen molar-refractivity contribution < 1.29 is 4.74 Å². The topological polar surface area (TPSA) is 41.7 Å². The number of nitrogens with zero attached hydrogens (tertiary/aromatic N) is 2. The van der Waals surface area contributed by atoms with Crippen molar-refractivity contribution in [3.8, 4) is 5.75 Å². The molecular formula is C15H27N3O. The Labute approximate surface area is 117 Å². The van der Waals surface area contributed by atoms with Crippen molar-refractivity contribution in [1.82, 2.24) is 9.80 Å². The van der Waals surface area contributed by atoms with Gasteiger partial charge in [0.1, 0.15) is 12.4 Å². The van der Waals surface area contributed by atoms with Gasteiger partial charge in [-0.1, -0.05) is 12.1 Å². The lowest BCUT2D eigenvalue weighted by molar-refractivity contribution is 0.229. The lowest BCUT2D eigenvalue weighted by Crippen LogP contribution is -2.27. The van der Waals surface area contributed by atoms with Crippen molar-refractivity contribution in [2.24, 2.45) is 5.73 Å². The second-order valence-electron chi connectivity index (χ2n) is 5.16. The van der Waals surface area contributed by atoms with Gasteiger partial charge in [0.15, 0.2) is 0 Å². The smallest absolute Gasteiger partial charge is 0.119 e. The van der Waals surface area contributed by atoms with Crippen LogP contribution in [0.15, 0.2) is 24.3 Å². The van der Waals surface area contributed by atoms with Crippen molar-refractivity contribution in [2.75, 3.05) is 47.4 Å². The van der Waals surface area contributed by atoms with Gasteiger partial charge in [0.2, 0.25) is 0 Å². The molecule has 4 heteroatoms. The molecule has 2 N–H and O–H groups in total. The van der Waals surface area contributed by atoms with Crippen molar-refractivity contribution in [2.45, 2.75) is 13.0 Å². The Morgan fingerprint density at radius 2 is 1.68 bits per heavy atom. The molecule has 0 heterocycles. The minimum atomic E-state index is 0.578. The summed E-state index contributed by atoms with van der Waals surface area (Å²) < 4.78 is 5.71. The molecule has 0 aliphatic carbocycles. The molecule has 0 saturated carbocycles. The Kier molecular flexibility index (Phi) is 7.48. The van der Waals surface area contributed by atoms with Gasteiger partial charge in [-0.05, 0) is 58.3 Å². The van der Waals surface area contributed by atoms with Crippen LogP contribution in [0.4, 0.5) is 0 Å². The van der Waals surface area contributed by atoms with Crippen LogP contribution in [0.5, 0.6) is 5.75 Å². The lowest BCUT2D eigenvalue weighted by Gasteiger charge is -2.18. The molecule has 0 aromatic heterocycles. The second kappa shape index (κ2) is 8.91. The molecule has 0 aliphatic heterocycles. The van der Waals surface area contributed by atoms with Crippen molar-refractivity contribution in [1.29, 1.82) is 0 Å². The van der Waals surface area contributed by atoms with Crippen LogP contribution < -0.4 is 10.5 Å². The third-order valence-corrected chi connectivity index (χ3v) is 3.05. The largest absolute Gasteiger partial charge is 0.492 e. The zero-order chi connectivity index (χ0) is 14.1. The highest BCUT2D eigenvalue weighted by Gasteiger charge is 2.00. The monoisotopic (exact) mass is 265 g/mol. The summed E-state index contributed by atoms with van der Waals surface area (Å²) in [4.78, 5) is 4.51. The molecule has 1 rings (SSSR count). The Hall–Kier alpha value is -1.10. The van der Waals surface area contributed by atoms with Gasteiger partial charge in [-0.15, -0.1) is 0 Å². The fourth-order valence-corrected chi connectivity index (χ4v) is 1.81. The van der Waals surface area contributed by atoms with Gasteiger partial charge >= 0.3 is 0 Å². The summed E-state index contributed by atoms with van der Waals surface area (Å²) in [6.07, 6.45) is 1.19. The first-order valence-corrected chi connectivity index (χ1v) is 6.87. The maximum absolute atomic E-state index is 5.71. The molecule has 1 aromatic carbocycles. The third kappa shape index (κ3) is 7.15. The molecule has 4 nitrogen and oxygen atoms in total. The first-order chi connectivity index (χ1) is 9.11. The normalized spacial score (nSPS) is 11.3. The summed E-state index contributed by atoms with van der Waals surface area (Å²) >= 11 is 0. The van der Waals surface area contributed by atoms with E-state index in [9.17, 15) is 0 Å². The van der Waals surface area contributed by atoms with E-state index in [4.69, 9.17) is 10.5 Å². The van der Waals surface area contributed by atoms with Crippen LogP contribution in [0.25, 0.3) is 0 Å². The van der Waals surface area contributed by atoms with E-state index in [1.807, 2.05) is 24.3 Å². The SMILES string of the molecule is CN(C)CCCN(C)CCOc1ccc(CN)cc1. The molecule has 0 unspecified atom stereocenters. The molecule has 0 aliphatic rings. The summed E-state index contributed by atoms with van der Waals surface area (Å²) in [6.45, 7) is 4.49. The second-order valence-corrected chi connectivity index (χ2v) is 5.16. The van der Waals surface area contributed by atoms with E-state index >= 15 is 0 Å². The Morgan fingerprint density at radius 3 is 2.26 bits per heavy atom. The number of hydrogen-bond acceptors (Lipinski definition) is 4. The fourth-order valence-electron chi connectivity index (χ4n) is 1.81. The van der Waals surface area contributed by atoms with Crippen molar-refractivity contribution >= 4 is 0 Å². The summed E-state index contributed by atoms with van der Waals surface area (Å²) in [5.74, 6) is 0.916. The van der Waals surface area contributed by atoms with E-state index in [1.165, 1.54) is 6.42 Å². The quantitative estimate of drug-likeness (QED) is 0.733. The average Bonchev–Trinajstić information content (AvgIpc) is 2.39. The van der Waals surface area contributed by atoms with Gasteiger partial charge in [0, 0.05) is 13.1 Å². The predicted octanol–water partition coefficient (Wildman–Crippen LogP) is 1.41. The highest BCUT2D eigenvalue weighted by molar-refractivity contribution is 5.27. The van der Waals surface area contributed by atoms with E-state index < -0.39 is 0 Å².